The minimum absolute atomic E-state index is 0.126. The topological polar surface area (TPSA) is 64.2 Å². The second-order valence-electron chi connectivity index (χ2n) is 7.17. The van der Waals surface area contributed by atoms with Gasteiger partial charge in [-0.15, -0.1) is 0 Å². The van der Waals surface area contributed by atoms with Crippen LogP contribution in [0.5, 0.6) is 0 Å². The molecule has 3 aromatic rings. The van der Waals surface area contributed by atoms with Crippen LogP contribution in [-0.2, 0) is 17.8 Å². The van der Waals surface area contributed by atoms with Gasteiger partial charge in [0.05, 0.1) is 18.4 Å². The third kappa shape index (κ3) is 4.10. The zero-order chi connectivity index (χ0) is 18.6. The van der Waals surface area contributed by atoms with Gasteiger partial charge in [-0.2, -0.15) is 0 Å². The molecule has 2 aromatic heterocycles. The van der Waals surface area contributed by atoms with Crippen LogP contribution in [0.15, 0.2) is 53.5 Å². The predicted molar refractivity (Wildman–Crippen MR) is 102 cm³/mol. The van der Waals surface area contributed by atoms with Gasteiger partial charge in [-0.3, -0.25) is 4.79 Å². The number of aromatic nitrogens is 3. The summed E-state index contributed by atoms with van der Waals surface area (Å²) < 4.78 is 7.88. The second-order valence-corrected chi connectivity index (χ2v) is 7.17. The largest absolute Gasteiger partial charge is 0.441 e. The van der Waals surface area contributed by atoms with Gasteiger partial charge in [0.15, 0.2) is 0 Å². The Hall–Kier alpha value is -2.89. The Kier molecular flexibility index (Phi) is 5.05. The lowest BCUT2D eigenvalue weighted by Gasteiger charge is -2.33. The van der Waals surface area contributed by atoms with Gasteiger partial charge in [-0.25, -0.2) is 9.97 Å². The number of likely N-dealkylation sites (tertiary alicyclic amines) is 1. The summed E-state index contributed by atoms with van der Waals surface area (Å²) in [6.45, 7) is 4.40. The Bertz CT molecular complexity index is 886. The lowest BCUT2D eigenvalue weighted by atomic mass is 9.97. The molecular formula is C21H24N4O2. The van der Waals surface area contributed by atoms with E-state index in [1.165, 1.54) is 0 Å². The minimum Gasteiger partial charge on any atom is -0.441 e. The molecule has 27 heavy (non-hydrogen) atoms. The zero-order valence-electron chi connectivity index (χ0n) is 15.5. The molecule has 0 N–H and O–H groups in total. The maximum Gasteiger partial charge on any atom is 0.228 e. The molecule has 1 fully saturated rings. The fourth-order valence-corrected chi connectivity index (χ4v) is 3.68. The van der Waals surface area contributed by atoms with E-state index in [9.17, 15) is 4.79 Å². The van der Waals surface area contributed by atoms with Gasteiger partial charge in [0, 0.05) is 37.6 Å². The van der Waals surface area contributed by atoms with Crippen molar-refractivity contribution >= 4 is 5.91 Å². The average molecular weight is 364 g/mol. The van der Waals surface area contributed by atoms with E-state index < -0.39 is 0 Å². The molecule has 0 radical (unpaired) electrons. The highest BCUT2D eigenvalue weighted by molar-refractivity contribution is 5.78. The fraction of sp³-hybridized carbons (Fsp3) is 0.381. The van der Waals surface area contributed by atoms with Gasteiger partial charge in [-0.05, 0) is 37.8 Å². The number of imidazole rings is 1. The number of carbonyl (C=O) groups is 1. The van der Waals surface area contributed by atoms with Crippen LogP contribution in [-0.4, -0.2) is 38.4 Å². The van der Waals surface area contributed by atoms with Crippen molar-refractivity contribution in [3.05, 3.63) is 60.5 Å². The molecule has 1 aliphatic rings. The lowest BCUT2D eigenvalue weighted by molar-refractivity contribution is -0.132. The molecular weight excluding hydrogens is 340 g/mol. The summed E-state index contributed by atoms with van der Waals surface area (Å²) >= 11 is 0. The number of aryl methyl sites for hydroxylation is 1. The van der Waals surface area contributed by atoms with Crippen LogP contribution in [0, 0.1) is 12.8 Å². The Morgan fingerprint density at radius 2 is 2.15 bits per heavy atom. The summed E-state index contributed by atoms with van der Waals surface area (Å²) in [6, 6.07) is 9.78. The van der Waals surface area contributed by atoms with Crippen LogP contribution >= 0.6 is 0 Å². The number of amides is 1. The monoisotopic (exact) mass is 364 g/mol. The molecule has 0 saturated carbocycles. The maximum atomic E-state index is 12.8. The summed E-state index contributed by atoms with van der Waals surface area (Å²) in [5.74, 6) is 1.89. The second kappa shape index (κ2) is 7.78. The SMILES string of the molecule is Cc1oc(-c2ccccc2)nc1CC(=O)N1CCC[C@H](Cn2ccnc2)C1. The Labute approximate surface area is 158 Å². The van der Waals surface area contributed by atoms with Gasteiger partial charge >= 0.3 is 0 Å². The van der Waals surface area contributed by atoms with Crippen molar-refractivity contribution in [1.82, 2.24) is 19.4 Å². The Morgan fingerprint density at radius 3 is 2.93 bits per heavy atom. The number of nitrogens with zero attached hydrogens (tertiary/aromatic N) is 4. The molecule has 1 aliphatic heterocycles. The van der Waals surface area contributed by atoms with Gasteiger partial charge in [0.25, 0.3) is 0 Å². The normalized spacial score (nSPS) is 17.2. The third-order valence-electron chi connectivity index (χ3n) is 5.13. The molecule has 1 saturated heterocycles. The molecule has 140 valence electrons. The maximum absolute atomic E-state index is 12.8. The molecule has 0 spiro atoms. The molecule has 6 nitrogen and oxygen atoms in total. The third-order valence-corrected chi connectivity index (χ3v) is 5.13. The quantitative estimate of drug-likeness (QED) is 0.697. The van der Waals surface area contributed by atoms with Crippen LogP contribution in [0.3, 0.4) is 0 Å². The summed E-state index contributed by atoms with van der Waals surface area (Å²) in [4.78, 5) is 23.5. The smallest absolute Gasteiger partial charge is 0.228 e. The number of hydrogen-bond donors (Lipinski definition) is 0. The Balaban J connectivity index is 1.40. The number of hydrogen-bond acceptors (Lipinski definition) is 4. The molecule has 1 aromatic carbocycles. The summed E-state index contributed by atoms with van der Waals surface area (Å²) in [5, 5.41) is 0. The first-order valence-corrected chi connectivity index (χ1v) is 9.44. The molecule has 4 rings (SSSR count). The van der Waals surface area contributed by atoms with Crippen molar-refractivity contribution in [3.8, 4) is 11.5 Å². The van der Waals surface area contributed by atoms with E-state index in [2.05, 4.69) is 14.5 Å². The molecule has 0 aliphatic carbocycles. The van der Waals surface area contributed by atoms with Gasteiger partial charge in [0.1, 0.15) is 5.76 Å². The van der Waals surface area contributed by atoms with Crippen molar-refractivity contribution in [1.29, 1.82) is 0 Å². The highest BCUT2D eigenvalue weighted by atomic mass is 16.4. The van der Waals surface area contributed by atoms with Crippen LogP contribution in [0.1, 0.15) is 24.3 Å². The van der Waals surface area contributed by atoms with Crippen LogP contribution in [0.2, 0.25) is 0 Å². The van der Waals surface area contributed by atoms with Crippen LogP contribution in [0.25, 0.3) is 11.5 Å². The summed E-state index contributed by atoms with van der Waals surface area (Å²) in [6.07, 6.45) is 8.08. The molecule has 3 heterocycles. The Morgan fingerprint density at radius 1 is 1.30 bits per heavy atom. The number of carbonyl (C=O) groups excluding carboxylic acids is 1. The summed E-state index contributed by atoms with van der Waals surface area (Å²) in [7, 11) is 0. The fourth-order valence-electron chi connectivity index (χ4n) is 3.68. The van der Waals surface area contributed by atoms with Gasteiger partial charge in [0.2, 0.25) is 11.8 Å². The lowest BCUT2D eigenvalue weighted by Crippen LogP contribution is -2.41. The highest BCUT2D eigenvalue weighted by Gasteiger charge is 2.25. The first kappa shape index (κ1) is 17.5. The zero-order valence-corrected chi connectivity index (χ0v) is 15.5. The van der Waals surface area contributed by atoms with E-state index in [-0.39, 0.29) is 5.91 Å². The van der Waals surface area contributed by atoms with Gasteiger partial charge in [-0.1, -0.05) is 18.2 Å². The average Bonchev–Trinajstić information content (AvgIpc) is 3.33. The molecule has 1 amide bonds. The highest BCUT2D eigenvalue weighted by Crippen LogP contribution is 2.23. The van der Waals surface area contributed by atoms with E-state index in [0.717, 1.165) is 43.7 Å². The molecule has 6 heteroatoms. The van der Waals surface area contributed by atoms with Crippen molar-refractivity contribution < 1.29 is 9.21 Å². The number of benzene rings is 1. The van der Waals surface area contributed by atoms with Crippen molar-refractivity contribution in [2.24, 2.45) is 5.92 Å². The standard InChI is InChI=1S/C21H24N4O2/c1-16-19(23-21(27-16)18-7-3-2-4-8-18)12-20(26)25-10-5-6-17(14-25)13-24-11-9-22-15-24/h2-4,7-9,11,15,17H,5-6,10,12-14H2,1H3/t17-/m1/s1. The van der Waals surface area contributed by atoms with Crippen molar-refractivity contribution in [2.45, 2.75) is 32.7 Å². The van der Waals surface area contributed by atoms with E-state index in [1.807, 2.05) is 54.7 Å². The van der Waals surface area contributed by atoms with E-state index in [1.54, 1.807) is 6.20 Å². The number of piperidine rings is 1. The molecule has 0 unspecified atom stereocenters. The number of oxazole rings is 1. The first-order valence-electron chi connectivity index (χ1n) is 9.44. The van der Waals surface area contributed by atoms with Crippen molar-refractivity contribution in [2.75, 3.05) is 13.1 Å². The van der Waals surface area contributed by atoms with E-state index in [4.69, 9.17) is 4.42 Å². The van der Waals surface area contributed by atoms with Crippen molar-refractivity contribution in [3.63, 3.8) is 0 Å². The van der Waals surface area contributed by atoms with E-state index >= 15 is 0 Å². The first-order chi connectivity index (χ1) is 13.2. The summed E-state index contributed by atoms with van der Waals surface area (Å²) in [5.41, 5.74) is 1.66. The molecule has 1 atom stereocenters. The number of rotatable bonds is 5. The predicted octanol–water partition coefficient (Wildman–Crippen LogP) is 3.33. The minimum atomic E-state index is 0.126. The van der Waals surface area contributed by atoms with E-state index in [0.29, 0.717) is 24.0 Å². The van der Waals surface area contributed by atoms with Crippen LogP contribution in [0.4, 0.5) is 0 Å². The molecule has 0 bridgehead atoms. The van der Waals surface area contributed by atoms with Crippen LogP contribution < -0.4 is 0 Å². The van der Waals surface area contributed by atoms with Gasteiger partial charge < -0.3 is 13.9 Å².